The molecule has 0 bridgehead atoms. The molecular weight excluding hydrogens is 170 g/mol. The van der Waals surface area contributed by atoms with Crippen LogP contribution in [0, 0.1) is 0 Å². The van der Waals surface area contributed by atoms with Crippen molar-refractivity contribution >= 4 is 22.7 Å². The van der Waals surface area contributed by atoms with Crippen LogP contribution in [0.2, 0.25) is 0 Å². The number of aliphatic imine (C=N–C) groups is 1. The molecule has 0 radical (unpaired) electrons. The predicted molar refractivity (Wildman–Crippen MR) is 55.6 cm³/mol. The first-order valence-corrected chi connectivity index (χ1v) is 4.65. The molecule has 0 atom stereocenters. The van der Waals surface area contributed by atoms with Crippen LogP contribution in [0.4, 0.5) is 0 Å². The van der Waals surface area contributed by atoms with Crippen LogP contribution >= 0.6 is 11.8 Å². The van der Waals surface area contributed by atoms with E-state index in [9.17, 15) is 4.79 Å². The summed E-state index contributed by atoms with van der Waals surface area (Å²) in [5.74, 6) is 0.607. The van der Waals surface area contributed by atoms with E-state index in [1.165, 1.54) is 18.7 Å². The molecule has 1 amide bonds. The van der Waals surface area contributed by atoms with Gasteiger partial charge in [0.05, 0.1) is 5.04 Å². The molecule has 0 unspecified atom stereocenters. The number of carbonyl (C=O) groups is 1. The zero-order chi connectivity index (χ0) is 9.40. The molecule has 0 aromatic rings. The number of thioether (sulfide) groups is 1. The first kappa shape index (κ1) is 11.2. The molecule has 0 aliphatic heterocycles. The van der Waals surface area contributed by atoms with Crippen molar-refractivity contribution in [3.05, 3.63) is 24.8 Å². The number of hydrogen-bond acceptors (Lipinski definition) is 2. The molecule has 0 aliphatic carbocycles. The topological polar surface area (TPSA) is 29.4 Å². The molecule has 12 heavy (non-hydrogen) atoms. The van der Waals surface area contributed by atoms with E-state index in [1.807, 2.05) is 19.1 Å². The van der Waals surface area contributed by atoms with Crippen LogP contribution in [-0.2, 0) is 4.79 Å². The van der Waals surface area contributed by atoms with Gasteiger partial charge in [0.15, 0.2) is 0 Å². The molecule has 2 nitrogen and oxygen atoms in total. The van der Waals surface area contributed by atoms with Crippen molar-refractivity contribution in [2.75, 3.05) is 5.75 Å². The Kier molecular flexibility index (Phi) is 6.38. The number of amides is 1. The van der Waals surface area contributed by atoms with E-state index in [2.05, 4.69) is 11.6 Å². The van der Waals surface area contributed by atoms with Crippen molar-refractivity contribution in [3.8, 4) is 0 Å². The maximum Gasteiger partial charge on any atom is 0.243 e. The van der Waals surface area contributed by atoms with Gasteiger partial charge in [0.1, 0.15) is 0 Å². The van der Waals surface area contributed by atoms with Gasteiger partial charge in [0.25, 0.3) is 0 Å². The summed E-state index contributed by atoms with van der Waals surface area (Å²) >= 11 is 1.50. The lowest BCUT2D eigenvalue weighted by Crippen LogP contribution is -1.93. The van der Waals surface area contributed by atoms with E-state index in [0.717, 1.165) is 10.8 Å². The number of nitrogens with zero attached hydrogens (tertiary/aromatic N) is 1. The van der Waals surface area contributed by atoms with Crippen LogP contribution in [0.15, 0.2) is 29.8 Å². The lowest BCUT2D eigenvalue weighted by molar-refractivity contribution is -0.115. The van der Waals surface area contributed by atoms with Gasteiger partial charge in [-0.05, 0) is 13.0 Å². The van der Waals surface area contributed by atoms with Gasteiger partial charge < -0.3 is 0 Å². The predicted octanol–water partition coefficient (Wildman–Crippen LogP) is 2.43. The molecular formula is C9H13NOS. The van der Waals surface area contributed by atoms with E-state index in [-0.39, 0.29) is 5.91 Å². The monoisotopic (exact) mass is 183 g/mol. The van der Waals surface area contributed by atoms with Crippen molar-refractivity contribution in [2.45, 2.75) is 13.8 Å². The van der Waals surface area contributed by atoms with Gasteiger partial charge in [-0.1, -0.05) is 12.2 Å². The molecule has 0 heterocycles. The first-order chi connectivity index (χ1) is 5.70. The van der Waals surface area contributed by atoms with Crippen molar-refractivity contribution < 1.29 is 4.79 Å². The molecule has 3 heteroatoms. The molecule has 0 aromatic carbocycles. The first-order valence-electron chi connectivity index (χ1n) is 3.66. The van der Waals surface area contributed by atoms with Gasteiger partial charge in [-0.3, -0.25) is 4.79 Å². The van der Waals surface area contributed by atoms with E-state index in [1.54, 1.807) is 6.08 Å². The minimum atomic E-state index is -0.167. The Morgan fingerprint density at radius 2 is 2.33 bits per heavy atom. The Morgan fingerprint density at radius 1 is 1.67 bits per heavy atom. The maximum absolute atomic E-state index is 10.6. The second-order valence-electron chi connectivity index (χ2n) is 2.07. The number of hydrogen-bond donors (Lipinski definition) is 0. The lowest BCUT2D eigenvalue weighted by atomic mass is 10.5. The average molecular weight is 183 g/mol. The Morgan fingerprint density at radius 3 is 2.75 bits per heavy atom. The summed E-state index contributed by atoms with van der Waals surface area (Å²) in [5, 5.41) is 0.741. The number of carbonyl (C=O) groups excluding carboxylic acids is 1. The Labute approximate surface area is 77.5 Å². The minimum Gasteiger partial charge on any atom is -0.273 e. The third-order valence-corrected chi connectivity index (χ3v) is 1.85. The van der Waals surface area contributed by atoms with Gasteiger partial charge in [-0.25, -0.2) is 4.99 Å². The second-order valence-corrected chi connectivity index (χ2v) is 3.11. The highest BCUT2D eigenvalue weighted by Gasteiger charge is 1.94. The van der Waals surface area contributed by atoms with Gasteiger partial charge in [-0.2, -0.15) is 0 Å². The average Bonchev–Trinajstić information content (AvgIpc) is 2.00. The number of allylic oxidation sites excluding steroid dienone is 1. The third kappa shape index (κ3) is 5.92. The summed E-state index contributed by atoms with van der Waals surface area (Å²) in [4.78, 5) is 14.4. The highest BCUT2D eigenvalue weighted by atomic mass is 32.2. The van der Waals surface area contributed by atoms with Gasteiger partial charge >= 0.3 is 0 Å². The second kappa shape index (κ2) is 6.85. The van der Waals surface area contributed by atoms with Crippen LogP contribution in [0.5, 0.6) is 0 Å². The van der Waals surface area contributed by atoms with Gasteiger partial charge in [-0.15, -0.1) is 18.3 Å². The Bertz CT molecular complexity index is 219. The highest BCUT2D eigenvalue weighted by Crippen LogP contribution is 2.05. The largest absolute Gasteiger partial charge is 0.273 e. The van der Waals surface area contributed by atoms with E-state index < -0.39 is 0 Å². The fraction of sp³-hybridized carbons (Fsp3) is 0.333. The lowest BCUT2D eigenvalue weighted by Gasteiger charge is -1.95. The minimum absolute atomic E-state index is 0.167. The van der Waals surface area contributed by atoms with Crippen LogP contribution in [0.25, 0.3) is 0 Å². The maximum atomic E-state index is 10.6. The van der Waals surface area contributed by atoms with Crippen molar-refractivity contribution in [2.24, 2.45) is 4.99 Å². The quantitative estimate of drug-likeness (QED) is 0.382. The summed E-state index contributed by atoms with van der Waals surface area (Å²) < 4.78 is 0. The van der Waals surface area contributed by atoms with E-state index in [0.29, 0.717) is 0 Å². The molecule has 66 valence electrons. The fourth-order valence-electron chi connectivity index (χ4n) is 0.560. The summed E-state index contributed by atoms with van der Waals surface area (Å²) in [6, 6.07) is 0. The molecule has 0 aromatic heterocycles. The van der Waals surface area contributed by atoms with Gasteiger partial charge in [0, 0.05) is 12.7 Å². The Hall–Kier alpha value is -0.830. The molecule has 0 spiro atoms. The Balaban J connectivity index is 4.21. The molecule has 0 N–H and O–H groups in total. The van der Waals surface area contributed by atoms with Crippen molar-refractivity contribution in [3.63, 3.8) is 0 Å². The van der Waals surface area contributed by atoms with Gasteiger partial charge in [0.2, 0.25) is 5.91 Å². The number of rotatable bonds is 3. The normalized spacial score (nSPS) is 12.0. The van der Waals surface area contributed by atoms with Crippen LogP contribution < -0.4 is 0 Å². The molecule has 0 aliphatic rings. The van der Waals surface area contributed by atoms with Crippen LogP contribution in [-0.4, -0.2) is 16.7 Å². The van der Waals surface area contributed by atoms with Crippen molar-refractivity contribution in [1.82, 2.24) is 0 Å². The standard InChI is InChI=1S/C9H13NOS/c1-4-6-9(10-8(3)11)12-7-5-2/h4-6H,2,7H2,1,3H3/b6-4-,10-9?. The van der Waals surface area contributed by atoms with E-state index in [4.69, 9.17) is 0 Å². The zero-order valence-corrected chi connectivity index (χ0v) is 8.23. The summed E-state index contributed by atoms with van der Waals surface area (Å²) in [5.41, 5.74) is 0. The molecule has 0 fully saturated rings. The van der Waals surface area contributed by atoms with Crippen LogP contribution in [0.3, 0.4) is 0 Å². The SMILES string of the molecule is C=CCSC(/C=C\C)=NC(C)=O. The summed E-state index contributed by atoms with van der Waals surface area (Å²) in [7, 11) is 0. The summed E-state index contributed by atoms with van der Waals surface area (Å²) in [6.45, 7) is 6.92. The van der Waals surface area contributed by atoms with Crippen LogP contribution in [0.1, 0.15) is 13.8 Å². The highest BCUT2D eigenvalue weighted by molar-refractivity contribution is 8.14. The summed E-state index contributed by atoms with van der Waals surface area (Å²) in [6.07, 6.45) is 5.46. The third-order valence-electron chi connectivity index (χ3n) is 0.926. The molecule has 0 saturated carbocycles. The zero-order valence-electron chi connectivity index (χ0n) is 7.41. The van der Waals surface area contributed by atoms with Crippen molar-refractivity contribution in [1.29, 1.82) is 0 Å². The fourth-order valence-corrected chi connectivity index (χ4v) is 1.27. The molecule has 0 rings (SSSR count). The molecule has 0 saturated heterocycles. The smallest absolute Gasteiger partial charge is 0.243 e. The van der Waals surface area contributed by atoms with E-state index >= 15 is 0 Å².